The molecule has 98 valence electrons. The summed E-state index contributed by atoms with van der Waals surface area (Å²) in [4.78, 5) is 18.1. The molecular weight excluding hydrogens is 260 g/mol. The molecule has 0 saturated carbocycles. The van der Waals surface area contributed by atoms with Crippen molar-refractivity contribution >= 4 is 23.2 Å². The number of carbonyl (C=O) groups excluding carboxylic acids is 1. The van der Waals surface area contributed by atoms with Crippen molar-refractivity contribution in [1.82, 2.24) is 4.98 Å². The van der Waals surface area contributed by atoms with E-state index < -0.39 is 0 Å². The molecule has 0 aliphatic heterocycles. The minimum atomic E-state index is -0.165. The van der Waals surface area contributed by atoms with Crippen molar-refractivity contribution in [2.24, 2.45) is 0 Å². The van der Waals surface area contributed by atoms with Crippen molar-refractivity contribution in [3.05, 3.63) is 58.4 Å². The van der Waals surface area contributed by atoms with Gasteiger partial charge >= 0.3 is 0 Å². The zero-order valence-corrected chi connectivity index (χ0v) is 11.9. The van der Waals surface area contributed by atoms with E-state index in [4.69, 9.17) is 11.6 Å². The summed E-state index contributed by atoms with van der Waals surface area (Å²) in [6.07, 6.45) is 1.52. The average Bonchev–Trinajstić information content (AvgIpc) is 2.38. The molecule has 0 N–H and O–H groups in total. The number of rotatable bonds is 2. The predicted molar refractivity (Wildman–Crippen MR) is 77.9 cm³/mol. The number of aryl methyl sites for hydroxylation is 2. The fourth-order valence-corrected chi connectivity index (χ4v) is 2.04. The van der Waals surface area contributed by atoms with Crippen molar-refractivity contribution in [2.45, 2.75) is 13.8 Å². The van der Waals surface area contributed by atoms with Crippen LogP contribution in [0.1, 0.15) is 21.6 Å². The second-order valence-corrected chi connectivity index (χ2v) is 4.91. The Hall–Kier alpha value is -1.87. The van der Waals surface area contributed by atoms with Crippen LogP contribution in [-0.4, -0.2) is 17.9 Å². The Morgan fingerprint density at radius 1 is 1.21 bits per heavy atom. The summed E-state index contributed by atoms with van der Waals surface area (Å²) in [5.74, 6) is -0.165. The Morgan fingerprint density at radius 3 is 2.42 bits per heavy atom. The smallest absolute Gasteiger partial charge is 0.261 e. The highest BCUT2D eigenvalue weighted by atomic mass is 35.5. The molecule has 1 aromatic carbocycles. The summed E-state index contributed by atoms with van der Waals surface area (Å²) in [6.45, 7) is 3.84. The third-order valence-corrected chi connectivity index (χ3v) is 3.26. The number of nitrogens with zero attached hydrogens (tertiary/aromatic N) is 2. The zero-order chi connectivity index (χ0) is 14.0. The minimum Gasteiger partial charge on any atom is -0.311 e. The highest BCUT2D eigenvalue weighted by molar-refractivity contribution is 6.34. The molecular formula is C15H15ClN2O. The normalized spacial score (nSPS) is 10.3. The minimum absolute atomic E-state index is 0.165. The molecule has 0 atom stereocenters. The molecule has 1 amide bonds. The quantitative estimate of drug-likeness (QED) is 0.838. The summed E-state index contributed by atoms with van der Waals surface area (Å²) in [5, 5.41) is 0.427. The maximum absolute atomic E-state index is 12.4. The summed E-state index contributed by atoms with van der Waals surface area (Å²) in [7, 11) is 1.73. The van der Waals surface area contributed by atoms with Gasteiger partial charge in [-0.25, -0.2) is 0 Å². The Labute approximate surface area is 117 Å². The highest BCUT2D eigenvalue weighted by Crippen LogP contribution is 2.21. The summed E-state index contributed by atoms with van der Waals surface area (Å²) < 4.78 is 0. The molecule has 0 spiro atoms. The standard InChI is InChI=1S/C15H15ClN2O/c1-10-4-6-12(7-5-10)18(3)15(19)13-9-17-11(2)8-14(13)16/h4-9H,1-3H3. The largest absolute Gasteiger partial charge is 0.311 e. The lowest BCUT2D eigenvalue weighted by atomic mass is 10.2. The predicted octanol–water partition coefficient (Wildman–Crippen LogP) is 3.63. The van der Waals surface area contributed by atoms with Gasteiger partial charge in [0.25, 0.3) is 5.91 Å². The molecule has 0 aliphatic carbocycles. The molecule has 0 aliphatic rings. The zero-order valence-electron chi connectivity index (χ0n) is 11.1. The first-order valence-corrected chi connectivity index (χ1v) is 6.33. The van der Waals surface area contributed by atoms with Gasteiger partial charge in [-0.3, -0.25) is 9.78 Å². The van der Waals surface area contributed by atoms with Gasteiger partial charge in [0.15, 0.2) is 0 Å². The van der Waals surface area contributed by atoms with Gasteiger partial charge in [-0.15, -0.1) is 0 Å². The summed E-state index contributed by atoms with van der Waals surface area (Å²) >= 11 is 6.09. The Balaban J connectivity index is 2.30. The number of anilines is 1. The first-order chi connectivity index (χ1) is 8.99. The monoisotopic (exact) mass is 274 g/mol. The molecule has 0 unspecified atom stereocenters. The van der Waals surface area contributed by atoms with Crippen molar-refractivity contribution in [3.8, 4) is 0 Å². The van der Waals surface area contributed by atoms with Gasteiger partial charge in [-0.05, 0) is 32.0 Å². The number of aromatic nitrogens is 1. The van der Waals surface area contributed by atoms with Crippen LogP contribution in [0.3, 0.4) is 0 Å². The highest BCUT2D eigenvalue weighted by Gasteiger charge is 2.17. The van der Waals surface area contributed by atoms with E-state index in [1.54, 1.807) is 18.0 Å². The molecule has 3 nitrogen and oxygen atoms in total. The van der Waals surface area contributed by atoms with Crippen LogP contribution in [0.25, 0.3) is 0 Å². The molecule has 0 saturated heterocycles. The summed E-state index contributed by atoms with van der Waals surface area (Å²) in [5.41, 5.74) is 3.18. The van der Waals surface area contributed by atoms with Crippen molar-refractivity contribution in [2.75, 3.05) is 11.9 Å². The van der Waals surface area contributed by atoms with Crippen LogP contribution < -0.4 is 4.90 Å². The molecule has 4 heteroatoms. The van der Waals surface area contributed by atoms with Crippen LogP contribution in [-0.2, 0) is 0 Å². The van der Waals surface area contributed by atoms with E-state index in [2.05, 4.69) is 4.98 Å². The van der Waals surface area contributed by atoms with Crippen LogP contribution in [0.4, 0.5) is 5.69 Å². The van der Waals surface area contributed by atoms with Gasteiger partial charge < -0.3 is 4.90 Å². The van der Waals surface area contributed by atoms with Crippen LogP contribution in [0.15, 0.2) is 36.5 Å². The molecule has 2 rings (SSSR count). The van der Waals surface area contributed by atoms with Crippen LogP contribution in [0, 0.1) is 13.8 Å². The Morgan fingerprint density at radius 2 is 1.84 bits per heavy atom. The van der Waals surface area contributed by atoms with E-state index in [1.807, 2.05) is 38.1 Å². The number of amides is 1. The van der Waals surface area contributed by atoms with Gasteiger partial charge in [0.1, 0.15) is 0 Å². The fraction of sp³-hybridized carbons (Fsp3) is 0.200. The van der Waals surface area contributed by atoms with Crippen LogP contribution in [0.2, 0.25) is 5.02 Å². The third-order valence-electron chi connectivity index (χ3n) is 2.95. The van der Waals surface area contributed by atoms with E-state index >= 15 is 0 Å². The van der Waals surface area contributed by atoms with E-state index in [0.29, 0.717) is 10.6 Å². The number of hydrogen-bond donors (Lipinski definition) is 0. The SMILES string of the molecule is Cc1ccc(N(C)C(=O)c2cnc(C)cc2Cl)cc1. The van der Waals surface area contributed by atoms with E-state index in [1.165, 1.54) is 6.20 Å². The maximum Gasteiger partial charge on any atom is 0.261 e. The summed E-state index contributed by atoms with van der Waals surface area (Å²) in [6, 6.07) is 9.44. The number of pyridine rings is 1. The van der Waals surface area contributed by atoms with E-state index in [9.17, 15) is 4.79 Å². The maximum atomic E-state index is 12.4. The number of halogens is 1. The van der Waals surface area contributed by atoms with Crippen molar-refractivity contribution in [1.29, 1.82) is 0 Å². The molecule has 1 aromatic heterocycles. The lowest BCUT2D eigenvalue weighted by molar-refractivity contribution is 0.0993. The fourth-order valence-electron chi connectivity index (χ4n) is 1.75. The van der Waals surface area contributed by atoms with Gasteiger partial charge in [-0.1, -0.05) is 29.3 Å². The van der Waals surface area contributed by atoms with E-state index in [0.717, 1.165) is 16.9 Å². The van der Waals surface area contributed by atoms with Gasteiger partial charge in [-0.2, -0.15) is 0 Å². The number of hydrogen-bond acceptors (Lipinski definition) is 2. The molecule has 1 heterocycles. The molecule has 0 fully saturated rings. The lowest BCUT2D eigenvalue weighted by Gasteiger charge is -2.18. The van der Waals surface area contributed by atoms with Gasteiger partial charge in [0, 0.05) is 24.6 Å². The second kappa shape index (κ2) is 5.41. The van der Waals surface area contributed by atoms with E-state index in [-0.39, 0.29) is 5.91 Å². The van der Waals surface area contributed by atoms with Gasteiger partial charge in [0.2, 0.25) is 0 Å². The molecule has 2 aromatic rings. The number of carbonyl (C=O) groups is 1. The lowest BCUT2D eigenvalue weighted by Crippen LogP contribution is -2.26. The topological polar surface area (TPSA) is 33.2 Å². The van der Waals surface area contributed by atoms with Crippen LogP contribution in [0.5, 0.6) is 0 Å². The first-order valence-electron chi connectivity index (χ1n) is 5.96. The van der Waals surface area contributed by atoms with Crippen molar-refractivity contribution < 1.29 is 4.79 Å². The average molecular weight is 275 g/mol. The first kappa shape index (κ1) is 13.6. The van der Waals surface area contributed by atoms with Crippen LogP contribution >= 0.6 is 11.6 Å². The Kier molecular flexibility index (Phi) is 3.86. The third kappa shape index (κ3) is 2.93. The number of benzene rings is 1. The second-order valence-electron chi connectivity index (χ2n) is 4.51. The van der Waals surface area contributed by atoms with Crippen molar-refractivity contribution in [3.63, 3.8) is 0 Å². The molecule has 0 radical (unpaired) electrons. The molecule has 19 heavy (non-hydrogen) atoms. The van der Waals surface area contributed by atoms with Gasteiger partial charge in [0.05, 0.1) is 10.6 Å². The Bertz CT molecular complexity index is 608. The molecule has 0 bridgehead atoms.